The van der Waals surface area contributed by atoms with E-state index in [1.54, 1.807) is 12.1 Å². The predicted molar refractivity (Wildman–Crippen MR) is 99.3 cm³/mol. The number of methoxy groups -OCH3 is 1. The maximum atomic E-state index is 12.3. The molecule has 2 heterocycles. The van der Waals surface area contributed by atoms with Gasteiger partial charge in [-0.05, 0) is 17.7 Å². The third kappa shape index (κ3) is 4.71. The van der Waals surface area contributed by atoms with Crippen molar-refractivity contribution < 1.29 is 28.9 Å². The Labute approximate surface area is 161 Å². The molecular formula is C20H23NO7. The molecule has 1 aliphatic heterocycles. The molecule has 1 aromatic heterocycles. The molecule has 2 N–H and O–H groups in total. The summed E-state index contributed by atoms with van der Waals surface area (Å²) in [7, 11) is 1.26. The second kappa shape index (κ2) is 8.90. The van der Waals surface area contributed by atoms with Crippen LogP contribution in [0, 0.1) is 0 Å². The molecule has 0 radical (unpaired) electrons. The van der Waals surface area contributed by atoms with Gasteiger partial charge in [-0.3, -0.25) is 14.5 Å². The minimum Gasteiger partial charge on any atom is -0.508 e. The number of ether oxygens (including phenoxy) is 2. The van der Waals surface area contributed by atoms with E-state index in [0.29, 0.717) is 44.2 Å². The highest BCUT2D eigenvalue weighted by Crippen LogP contribution is 2.34. The zero-order valence-electron chi connectivity index (χ0n) is 15.6. The number of carbonyl (C=O) groups is 1. The predicted octanol–water partition coefficient (Wildman–Crippen LogP) is 1.58. The number of nitrogens with zero attached hydrogens (tertiary/aromatic N) is 1. The SMILES string of the molecule is COC(=O)C[C@@H](c1cccc(O)c1)c1oc(CN2CCOCC2)cc(=O)c1O. The van der Waals surface area contributed by atoms with Gasteiger partial charge in [-0.15, -0.1) is 0 Å². The molecule has 1 atom stereocenters. The van der Waals surface area contributed by atoms with Crippen LogP contribution < -0.4 is 5.43 Å². The van der Waals surface area contributed by atoms with E-state index in [9.17, 15) is 19.8 Å². The van der Waals surface area contributed by atoms with Crippen LogP contribution in [0.2, 0.25) is 0 Å². The van der Waals surface area contributed by atoms with Crippen LogP contribution in [0.15, 0.2) is 39.5 Å². The lowest BCUT2D eigenvalue weighted by Crippen LogP contribution is -2.35. The summed E-state index contributed by atoms with van der Waals surface area (Å²) in [4.78, 5) is 26.4. The molecular weight excluding hydrogens is 366 g/mol. The molecule has 8 nitrogen and oxygen atoms in total. The number of phenolic OH excluding ortho intramolecular Hbond substituents is 1. The van der Waals surface area contributed by atoms with Crippen molar-refractivity contribution in [2.45, 2.75) is 18.9 Å². The van der Waals surface area contributed by atoms with Gasteiger partial charge in [-0.1, -0.05) is 12.1 Å². The number of benzene rings is 1. The van der Waals surface area contributed by atoms with Crippen LogP contribution >= 0.6 is 0 Å². The van der Waals surface area contributed by atoms with E-state index in [0.717, 1.165) is 0 Å². The molecule has 2 aromatic rings. The average molecular weight is 389 g/mol. The smallest absolute Gasteiger partial charge is 0.306 e. The third-order valence-corrected chi connectivity index (χ3v) is 4.67. The van der Waals surface area contributed by atoms with Crippen molar-refractivity contribution in [3.8, 4) is 11.5 Å². The summed E-state index contributed by atoms with van der Waals surface area (Å²) in [6.07, 6.45) is -0.155. The maximum Gasteiger partial charge on any atom is 0.306 e. The van der Waals surface area contributed by atoms with Gasteiger partial charge in [0.1, 0.15) is 11.5 Å². The van der Waals surface area contributed by atoms with E-state index < -0.39 is 23.1 Å². The van der Waals surface area contributed by atoms with Gasteiger partial charge in [0.15, 0.2) is 5.76 Å². The van der Waals surface area contributed by atoms with E-state index in [-0.39, 0.29) is 17.9 Å². The summed E-state index contributed by atoms with van der Waals surface area (Å²) in [6.45, 7) is 3.00. The first-order valence-corrected chi connectivity index (χ1v) is 8.99. The Hall–Kier alpha value is -2.84. The van der Waals surface area contributed by atoms with Crippen LogP contribution in [-0.4, -0.2) is 54.5 Å². The molecule has 150 valence electrons. The van der Waals surface area contributed by atoms with Crippen molar-refractivity contribution in [1.29, 1.82) is 0 Å². The van der Waals surface area contributed by atoms with Crippen molar-refractivity contribution in [1.82, 2.24) is 4.90 Å². The number of rotatable bonds is 6. The zero-order chi connectivity index (χ0) is 20.1. The van der Waals surface area contributed by atoms with Crippen LogP contribution in [-0.2, 0) is 20.8 Å². The molecule has 0 aliphatic carbocycles. The Bertz CT molecular complexity index is 886. The number of morpholine rings is 1. The molecule has 28 heavy (non-hydrogen) atoms. The molecule has 0 saturated carbocycles. The van der Waals surface area contributed by atoms with Crippen molar-refractivity contribution in [2.75, 3.05) is 33.4 Å². The van der Waals surface area contributed by atoms with Gasteiger partial charge < -0.3 is 24.1 Å². The first-order chi connectivity index (χ1) is 13.5. The summed E-state index contributed by atoms with van der Waals surface area (Å²) in [5, 5.41) is 20.2. The van der Waals surface area contributed by atoms with Crippen molar-refractivity contribution in [3.05, 3.63) is 57.6 Å². The van der Waals surface area contributed by atoms with Crippen molar-refractivity contribution >= 4 is 5.97 Å². The lowest BCUT2D eigenvalue weighted by Gasteiger charge is -2.26. The number of hydrogen-bond donors (Lipinski definition) is 2. The molecule has 3 rings (SSSR count). The Morgan fingerprint density at radius 2 is 2.00 bits per heavy atom. The Morgan fingerprint density at radius 1 is 1.25 bits per heavy atom. The lowest BCUT2D eigenvalue weighted by atomic mass is 9.92. The van der Waals surface area contributed by atoms with Gasteiger partial charge in [-0.2, -0.15) is 0 Å². The van der Waals surface area contributed by atoms with Crippen molar-refractivity contribution in [2.24, 2.45) is 0 Å². The molecule has 0 amide bonds. The maximum absolute atomic E-state index is 12.3. The minimum absolute atomic E-state index is 0.00123. The number of carbonyl (C=O) groups excluding carboxylic acids is 1. The Kier molecular flexibility index (Phi) is 6.33. The molecule has 1 aromatic carbocycles. The standard InChI is InChI=1S/C20H23NO7/c1-26-18(24)11-16(13-3-2-4-14(22)9-13)20-19(25)17(23)10-15(28-20)12-21-5-7-27-8-6-21/h2-4,9-10,16,22,25H,5-8,11-12H2,1H3/t16-/m0/s1. The topological polar surface area (TPSA) is 109 Å². The van der Waals surface area contributed by atoms with Gasteiger partial charge >= 0.3 is 5.97 Å². The molecule has 0 bridgehead atoms. The second-order valence-electron chi connectivity index (χ2n) is 6.61. The Morgan fingerprint density at radius 3 is 2.68 bits per heavy atom. The fourth-order valence-electron chi connectivity index (χ4n) is 3.20. The quantitative estimate of drug-likeness (QED) is 0.717. The highest BCUT2D eigenvalue weighted by atomic mass is 16.5. The summed E-state index contributed by atoms with van der Waals surface area (Å²) >= 11 is 0. The van der Waals surface area contributed by atoms with Crippen molar-refractivity contribution in [3.63, 3.8) is 0 Å². The van der Waals surface area contributed by atoms with Gasteiger partial charge in [0, 0.05) is 19.2 Å². The van der Waals surface area contributed by atoms with Gasteiger partial charge in [0.25, 0.3) is 0 Å². The van der Waals surface area contributed by atoms with E-state index in [2.05, 4.69) is 4.90 Å². The lowest BCUT2D eigenvalue weighted by molar-refractivity contribution is -0.140. The van der Waals surface area contributed by atoms with Crippen LogP contribution in [0.3, 0.4) is 0 Å². The largest absolute Gasteiger partial charge is 0.508 e. The number of phenols is 1. The normalized spacial score (nSPS) is 15.9. The number of aromatic hydroxyl groups is 2. The van der Waals surface area contributed by atoms with E-state index >= 15 is 0 Å². The minimum atomic E-state index is -0.781. The molecule has 0 spiro atoms. The van der Waals surface area contributed by atoms with E-state index in [1.807, 2.05) is 0 Å². The number of hydrogen-bond acceptors (Lipinski definition) is 8. The first-order valence-electron chi connectivity index (χ1n) is 8.99. The average Bonchev–Trinajstić information content (AvgIpc) is 2.69. The second-order valence-corrected chi connectivity index (χ2v) is 6.61. The summed E-state index contributed by atoms with van der Waals surface area (Å²) in [6, 6.07) is 7.50. The number of esters is 1. The van der Waals surface area contributed by atoms with Gasteiger partial charge in [0.05, 0.1) is 39.2 Å². The zero-order valence-corrected chi connectivity index (χ0v) is 15.6. The molecule has 8 heteroatoms. The first kappa shape index (κ1) is 19.9. The highest BCUT2D eigenvalue weighted by molar-refractivity contribution is 5.71. The van der Waals surface area contributed by atoms with E-state index in [1.165, 1.54) is 25.3 Å². The molecule has 1 aliphatic rings. The van der Waals surface area contributed by atoms with Crippen LogP contribution in [0.25, 0.3) is 0 Å². The third-order valence-electron chi connectivity index (χ3n) is 4.67. The van der Waals surface area contributed by atoms with Crippen LogP contribution in [0.4, 0.5) is 0 Å². The molecule has 0 unspecified atom stereocenters. The monoisotopic (exact) mass is 389 g/mol. The molecule has 1 fully saturated rings. The fraction of sp³-hybridized carbons (Fsp3) is 0.400. The summed E-state index contributed by atoms with van der Waals surface area (Å²) in [5.41, 5.74) is -0.0631. The Balaban J connectivity index is 2.00. The highest BCUT2D eigenvalue weighted by Gasteiger charge is 2.27. The fourth-order valence-corrected chi connectivity index (χ4v) is 3.20. The van der Waals surface area contributed by atoms with Gasteiger partial charge in [0.2, 0.25) is 11.2 Å². The van der Waals surface area contributed by atoms with E-state index in [4.69, 9.17) is 13.9 Å². The van der Waals surface area contributed by atoms with Crippen LogP contribution in [0.1, 0.15) is 29.4 Å². The van der Waals surface area contributed by atoms with Gasteiger partial charge in [-0.25, -0.2) is 0 Å². The summed E-state index contributed by atoms with van der Waals surface area (Å²) in [5.74, 6) is -1.51. The molecule has 1 saturated heterocycles. The summed E-state index contributed by atoms with van der Waals surface area (Å²) < 4.78 is 15.9. The van der Waals surface area contributed by atoms with Crippen LogP contribution in [0.5, 0.6) is 11.5 Å².